The summed E-state index contributed by atoms with van der Waals surface area (Å²) in [6.45, 7) is 2.01. The molecule has 0 atom stereocenters. The minimum Gasteiger partial charge on any atom is -0.497 e. The van der Waals surface area contributed by atoms with Gasteiger partial charge in [-0.1, -0.05) is 6.07 Å². The monoisotopic (exact) mass is 249 g/mol. The SMILES string of the molecule is COc1ccc(CNCCn2cccn2)c(F)c1. The van der Waals surface area contributed by atoms with Crippen LogP contribution in [0.25, 0.3) is 0 Å². The van der Waals surface area contributed by atoms with Crippen LogP contribution >= 0.6 is 0 Å². The predicted octanol–water partition coefficient (Wildman–Crippen LogP) is 1.82. The van der Waals surface area contributed by atoms with E-state index in [9.17, 15) is 4.39 Å². The Labute approximate surface area is 105 Å². The van der Waals surface area contributed by atoms with Crippen LogP contribution in [0.4, 0.5) is 4.39 Å². The van der Waals surface area contributed by atoms with Gasteiger partial charge in [-0.2, -0.15) is 5.10 Å². The summed E-state index contributed by atoms with van der Waals surface area (Å²) in [7, 11) is 1.52. The second-order valence-electron chi connectivity index (χ2n) is 3.90. The van der Waals surface area contributed by atoms with Gasteiger partial charge in [0.15, 0.2) is 0 Å². The molecule has 0 saturated heterocycles. The highest BCUT2D eigenvalue weighted by atomic mass is 19.1. The zero-order valence-corrected chi connectivity index (χ0v) is 10.3. The Hall–Kier alpha value is -1.88. The summed E-state index contributed by atoms with van der Waals surface area (Å²) in [4.78, 5) is 0. The number of hydrogen-bond donors (Lipinski definition) is 1. The largest absolute Gasteiger partial charge is 0.497 e. The van der Waals surface area contributed by atoms with Gasteiger partial charge in [-0.05, 0) is 12.1 Å². The van der Waals surface area contributed by atoms with Gasteiger partial charge >= 0.3 is 0 Å². The van der Waals surface area contributed by atoms with Crippen LogP contribution < -0.4 is 10.1 Å². The minimum absolute atomic E-state index is 0.249. The van der Waals surface area contributed by atoms with Crippen LogP contribution in [0.2, 0.25) is 0 Å². The molecule has 0 aliphatic rings. The number of halogens is 1. The summed E-state index contributed by atoms with van der Waals surface area (Å²) in [6, 6.07) is 6.76. The number of nitrogens with zero attached hydrogens (tertiary/aromatic N) is 2. The Morgan fingerprint density at radius 3 is 3.00 bits per heavy atom. The highest BCUT2D eigenvalue weighted by Gasteiger charge is 2.03. The number of rotatable bonds is 6. The van der Waals surface area contributed by atoms with Crippen molar-refractivity contribution in [3.8, 4) is 5.75 Å². The summed E-state index contributed by atoms with van der Waals surface area (Å²) in [5.41, 5.74) is 0.635. The van der Waals surface area contributed by atoms with Crippen molar-refractivity contribution in [3.05, 3.63) is 48.0 Å². The maximum atomic E-state index is 13.6. The number of methoxy groups -OCH3 is 1. The lowest BCUT2D eigenvalue weighted by Gasteiger charge is -2.07. The van der Waals surface area contributed by atoms with E-state index in [2.05, 4.69) is 10.4 Å². The van der Waals surface area contributed by atoms with Crippen LogP contribution in [-0.4, -0.2) is 23.4 Å². The van der Waals surface area contributed by atoms with Crippen molar-refractivity contribution in [3.63, 3.8) is 0 Å². The van der Waals surface area contributed by atoms with Gasteiger partial charge in [0, 0.05) is 37.1 Å². The lowest BCUT2D eigenvalue weighted by Crippen LogP contribution is -2.20. The average molecular weight is 249 g/mol. The van der Waals surface area contributed by atoms with Gasteiger partial charge in [0.2, 0.25) is 0 Å². The van der Waals surface area contributed by atoms with Crippen LogP contribution in [0.15, 0.2) is 36.7 Å². The van der Waals surface area contributed by atoms with Gasteiger partial charge < -0.3 is 10.1 Å². The van der Waals surface area contributed by atoms with Crippen LogP contribution in [0.5, 0.6) is 5.75 Å². The van der Waals surface area contributed by atoms with Gasteiger partial charge in [0.1, 0.15) is 11.6 Å². The maximum absolute atomic E-state index is 13.6. The van der Waals surface area contributed by atoms with E-state index in [1.54, 1.807) is 18.3 Å². The molecule has 0 unspecified atom stereocenters. The van der Waals surface area contributed by atoms with E-state index in [0.29, 0.717) is 17.9 Å². The molecule has 5 heteroatoms. The molecule has 96 valence electrons. The summed E-state index contributed by atoms with van der Waals surface area (Å²) in [5, 5.41) is 7.26. The molecule has 0 aliphatic carbocycles. The Bertz CT molecular complexity index is 485. The third kappa shape index (κ3) is 3.30. The molecular weight excluding hydrogens is 233 g/mol. The van der Waals surface area contributed by atoms with Gasteiger partial charge in [-0.15, -0.1) is 0 Å². The topological polar surface area (TPSA) is 39.1 Å². The number of nitrogens with one attached hydrogen (secondary N) is 1. The fourth-order valence-electron chi connectivity index (χ4n) is 1.65. The van der Waals surface area contributed by atoms with E-state index in [4.69, 9.17) is 4.74 Å². The Morgan fingerprint density at radius 2 is 2.33 bits per heavy atom. The van der Waals surface area contributed by atoms with E-state index >= 15 is 0 Å². The number of benzene rings is 1. The van der Waals surface area contributed by atoms with Crippen molar-refractivity contribution in [1.82, 2.24) is 15.1 Å². The van der Waals surface area contributed by atoms with Gasteiger partial charge in [0.25, 0.3) is 0 Å². The molecule has 1 aromatic heterocycles. The first-order chi connectivity index (χ1) is 8.79. The molecular formula is C13H16FN3O. The van der Waals surface area contributed by atoms with Crippen molar-refractivity contribution in [2.45, 2.75) is 13.1 Å². The molecule has 1 heterocycles. The van der Waals surface area contributed by atoms with Gasteiger partial charge in [0.05, 0.1) is 13.7 Å². The second kappa shape index (κ2) is 6.16. The van der Waals surface area contributed by atoms with E-state index in [1.165, 1.54) is 13.2 Å². The first kappa shape index (κ1) is 12.6. The van der Waals surface area contributed by atoms with E-state index in [-0.39, 0.29) is 5.82 Å². The molecule has 4 nitrogen and oxygen atoms in total. The van der Waals surface area contributed by atoms with Crippen molar-refractivity contribution in [2.75, 3.05) is 13.7 Å². The minimum atomic E-state index is -0.249. The molecule has 0 bridgehead atoms. The average Bonchev–Trinajstić information content (AvgIpc) is 2.89. The molecule has 0 radical (unpaired) electrons. The highest BCUT2D eigenvalue weighted by Crippen LogP contribution is 2.15. The van der Waals surface area contributed by atoms with Crippen LogP contribution in [-0.2, 0) is 13.1 Å². The first-order valence-corrected chi connectivity index (χ1v) is 5.80. The number of ether oxygens (including phenoxy) is 1. The lowest BCUT2D eigenvalue weighted by molar-refractivity contribution is 0.410. The molecule has 0 aliphatic heterocycles. The van der Waals surface area contributed by atoms with E-state index in [1.807, 2.05) is 16.9 Å². The van der Waals surface area contributed by atoms with Crippen LogP contribution in [0.3, 0.4) is 0 Å². The van der Waals surface area contributed by atoms with Crippen molar-refractivity contribution >= 4 is 0 Å². The second-order valence-corrected chi connectivity index (χ2v) is 3.90. The zero-order valence-electron chi connectivity index (χ0n) is 10.3. The lowest BCUT2D eigenvalue weighted by atomic mass is 10.2. The first-order valence-electron chi connectivity index (χ1n) is 5.80. The molecule has 1 aromatic carbocycles. The van der Waals surface area contributed by atoms with Crippen molar-refractivity contribution < 1.29 is 9.13 Å². The molecule has 2 rings (SSSR count). The smallest absolute Gasteiger partial charge is 0.131 e. The number of hydrogen-bond acceptors (Lipinski definition) is 3. The highest BCUT2D eigenvalue weighted by molar-refractivity contribution is 5.28. The normalized spacial score (nSPS) is 10.6. The predicted molar refractivity (Wildman–Crippen MR) is 66.9 cm³/mol. The maximum Gasteiger partial charge on any atom is 0.131 e. The van der Waals surface area contributed by atoms with Crippen LogP contribution in [0, 0.1) is 5.82 Å². The molecule has 0 spiro atoms. The molecule has 1 N–H and O–H groups in total. The number of aromatic nitrogens is 2. The third-order valence-electron chi connectivity index (χ3n) is 2.65. The molecule has 2 aromatic rings. The summed E-state index contributed by atoms with van der Waals surface area (Å²) in [6.07, 6.45) is 3.64. The fraction of sp³-hybridized carbons (Fsp3) is 0.308. The molecule has 0 saturated carbocycles. The molecule has 0 fully saturated rings. The zero-order chi connectivity index (χ0) is 12.8. The summed E-state index contributed by atoms with van der Waals surface area (Å²) < 4.78 is 20.4. The van der Waals surface area contributed by atoms with Crippen molar-refractivity contribution in [2.24, 2.45) is 0 Å². The van der Waals surface area contributed by atoms with Crippen LogP contribution in [0.1, 0.15) is 5.56 Å². The quantitative estimate of drug-likeness (QED) is 0.794. The van der Waals surface area contributed by atoms with E-state index < -0.39 is 0 Å². The molecule has 0 amide bonds. The van der Waals surface area contributed by atoms with Gasteiger partial charge in [-0.3, -0.25) is 4.68 Å². The fourth-order valence-corrected chi connectivity index (χ4v) is 1.65. The Kier molecular flexibility index (Phi) is 4.30. The standard InChI is InChI=1S/C13H16FN3O/c1-18-12-4-3-11(13(14)9-12)10-15-6-8-17-7-2-5-16-17/h2-5,7,9,15H,6,8,10H2,1H3. The Balaban J connectivity index is 1.79. The van der Waals surface area contributed by atoms with Gasteiger partial charge in [-0.25, -0.2) is 4.39 Å². The summed E-state index contributed by atoms with van der Waals surface area (Å²) >= 11 is 0. The third-order valence-corrected chi connectivity index (χ3v) is 2.65. The summed E-state index contributed by atoms with van der Waals surface area (Å²) in [5.74, 6) is 0.286. The van der Waals surface area contributed by atoms with Crippen molar-refractivity contribution in [1.29, 1.82) is 0 Å². The molecule has 18 heavy (non-hydrogen) atoms. The Morgan fingerprint density at radius 1 is 1.44 bits per heavy atom. The van der Waals surface area contributed by atoms with E-state index in [0.717, 1.165) is 13.1 Å².